The van der Waals surface area contributed by atoms with Gasteiger partial charge in [0.05, 0.1) is 0 Å². The van der Waals surface area contributed by atoms with Gasteiger partial charge in [-0.3, -0.25) is 0 Å². The lowest BCUT2D eigenvalue weighted by Crippen LogP contribution is -2.34. The summed E-state index contributed by atoms with van der Waals surface area (Å²) in [6.45, 7) is 6.25. The van der Waals surface area contributed by atoms with Crippen molar-refractivity contribution < 1.29 is 15.3 Å². The Labute approximate surface area is 116 Å². The van der Waals surface area contributed by atoms with Gasteiger partial charge in [-0.15, -0.1) is 0 Å². The molecule has 0 unspecified atom stereocenters. The second kappa shape index (κ2) is 6.92. The van der Waals surface area contributed by atoms with Gasteiger partial charge in [-0.2, -0.15) is 0 Å². The van der Waals surface area contributed by atoms with E-state index in [4.69, 9.17) is 0 Å². The minimum Gasteiger partial charge on any atom is -0.507 e. The Morgan fingerprint density at radius 1 is 1.21 bits per heavy atom. The van der Waals surface area contributed by atoms with Crippen LogP contribution in [-0.2, 0) is 0 Å². The van der Waals surface area contributed by atoms with Crippen LogP contribution in [-0.4, -0.2) is 21.1 Å². The van der Waals surface area contributed by atoms with E-state index in [0.717, 1.165) is 24.8 Å². The minimum absolute atomic E-state index is 0.214. The SMILES string of the molecule is CC(C)=CCC/C(C)=C/CC1=C(O)C(O)(O)CCC1. The van der Waals surface area contributed by atoms with Crippen molar-refractivity contribution in [2.24, 2.45) is 0 Å². The topological polar surface area (TPSA) is 60.7 Å². The first-order valence-electron chi connectivity index (χ1n) is 6.98. The maximum atomic E-state index is 9.80. The molecule has 0 amide bonds. The number of allylic oxidation sites excluding steroid dienone is 5. The third-order valence-corrected chi connectivity index (χ3v) is 3.51. The number of aliphatic hydroxyl groups is 3. The van der Waals surface area contributed by atoms with Crippen LogP contribution in [0.5, 0.6) is 0 Å². The molecule has 0 radical (unpaired) electrons. The van der Waals surface area contributed by atoms with Gasteiger partial charge in [-0.25, -0.2) is 0 Å². The fourth-order valence-electron chi connectivity index (χ4n) is 2.25. The largest absolute Gasteiger partial charge is 0.507 e. The molecule has 0 fully saturated rings. The highest BCUT2D eigenvalue weighted by molar-refractivity contribution is 5.21. The highest BCUT2D eigenvalue weighted by atomic mass is 16.5. The number of hydrogen-bond donors (Lipinski definition) is 3. The monoisotopic (exact) mass is 266 g/mol. The van der Waals surface area contributed by atoms with Crippen molar-refractivity contribution in [3.8, 4) is 0 Å². The molecular formula is C16H26O3. The predicted molar refractivity (Wildman–Crippen MR) is 77.7 cm³/mol. The quantitative estimate of drug-likeness (QED) is 0.524. The molecule has 0 aromatic rings. The molecule has 0 bridgehead atoms. The number of rotatable bonds is 5. The molecule has 0 heterocycles. The smallest absolute Gasteiger partial charge is 0.222 e. The predicted octanol–water partition coefficient (Wildman–Crippen LogP) is 3.75. The molecule has 1 rings (SSSR count). The van der Waals surface area contributed by atoms with Crippen LogP contribution in [0.2, 0.25) is 0 Å². The molecule has 3 heteroatoms. The molecule has 0 aliphatic heterocycles. The van der Waals surface area contributed by atoms with Gasteiger partial charge < -0.3 is 15.3 Å². The van der Waals surface area contributed by atoms with E-state index >= 15 is 0 Å². The third kappa shape index (κ3) is 5.21. The van der Waals surface area contributed by atoms with Gasteiger partial charge in [0.2, 0.25) is 5.79 Å². The molecule has 3 N–H and O–H groups in total. The van der Waals surface area contributed by atoms with E-state index in [9.17, 15) is 15.3 Å². The van der Waals surface area contributed by atoms with Crippen molar-refractivity contribution in [2.45, 2.75) is 65.1 Å². The highest BCUT2D eigenvalue weighted by Gasteiger charge is 2.33. The fourth-order valence-corrected chi connectivity index (χ4v) is 2.25. The lowest BCUT2D eigenvalue weighted by atomic mass is 9.90. The van der Waals surface area contributed by atoms with Crippen LogP contribution >= 0.6 is 0 Å². The highest BCUT2D eigenvalue weighted by Crippen LogP contribution is 2.32. The summed E-state index contributed by atoms with van der Waals surface area (Å²) in [6, 6.07) is 0. The van der Waals surface area contributed by atoms with Crippen LogP contribution in [0.25, 0.3) is 0 Å². The Hall–Kier alpha value is -1.06. The van der Waals surface area contributed by atoms with Gasteiger partial charge in [-0.1, -0.05) is 23.3 Å². The zero-order chi connectivity index (χ0) is 14.5. The Kier molecular flexibility index (Phi) is 5.83. The Balaban J connectivity index is 2.57. The Morgan fingerprint density at radius 2 is 1.89 bits per heavy atom. The maximum absolute atomic E-state index is 9.80. The molecule has 1 aliphatic carbocycles. The number of aliphatic hydroxyl groups excluding tert-OH is 1. The van der Waals surface area contributed by atoms with Gasteiger partial charge in [0.15, 0.2) is 5.76 Å². The molecule has 108 valence electrons. The second-order valence-electron chi connectivity index (χ2n) is 5.70. The molecule has 0 spiro atoms. The fraction of sp³-hybridized carbons (Fsp3) is 0.625. The van der Waals surface area contributed by atoms with Crippen molar-refractivity contribution in [2.75, 3.05) is 0 Å². The first-order chi connectivity index (χ1) is 8.83. The summed E-state index contributed by atoms with van der Waals surface area (Å²) in [7, 11) is 0. The average Bonchev–Trinajstić information content (AvgIpc) is 2.30. The molecule has 0 aromatic carbocycles. The molecular weight excluding hydrogens is 240 g/mol. The van der Waals surface area contributed by atoms with E-state index in [0.29, 0.717) is 12.8 Å². The van der Waals surface area contributed by atoms with Crippen LogP contribution in [0.1, 0.15) is 59.3 Å². The summed E-state index contributed by atoms with van der Waals surface area (Å²) in [6.07, 6.45) is 8.58. The molecule has 3 nitrogen and oxygen atoms in total. The summed E-state index contributed by atoms with van der Waals surface area (Å²) in [4.78, 5) is 0. The van der Waals surface area contributed by atoms with E-state index in [1.54, 1.807) is 0 Å². The summed E-state index contributed by atoms with van der Waals surface area (Å²) < 4.78 is 0. The van der Waals surface area contributed by atoms with Gasteiger partial charge in [0.25, 0.3) is 0 Å². The van der Waals surface area contributed by atoms with Crippen LogP contribution < -0.4 is 0 Å². The van der Waals surface area contributed by atoms with Crippen molar-refractivity contribution in [1.29, 1.82) is 0 Å². The van der Waals surface area contributed by atoms with E-state index in [2.05, 4.69) is 32.9 Å². The zero-order valence-corrected chi connectivity index (χ0v) is 12.2. The molecule has 1 aliphatic rings. The molecule has 0 atom stereocenters. The van der Waals surface area contributed by atoms with Gasteiger partial charge in [0, 0.05) is 6.42 Å². The van der Waals surface area contributed by atoms with Gasteiger partial charge in [0.1, 0.15) is 0 Å². The maximum Gasteiger partial charge on any atom is 0.222 e. The van der Waals surface area contributed by atoms with Crippen LogP contribution in [0.4, 0.5) is 0 Å². The van der Waals surface area contributed by atoms with Gasteiger partial charge in [-0.05, 0) is 58.4 Å². The average molecular weight is 266 g/mol. The van der Waals surface area contributed by atoms with Crippen LogP contribution in [0, 0.1) is 0 Å². The van der Waals surface area contributed by atoms with Crippen LogP contribution in [0.15, 0.2) is 34.6 Å². The number of hydrogen-bond acceptors (Lipinski definition) is 3. The third-order valence-electron chi connectivity index (χ3n) is 3.51. The molecule has 19 heavy (non-hydrogen) atoms. The summed E-state index contributed by atoms with van der Waals surface area (Å²) >= 11 is 0. The van der Waals surface area contributed by atoms with E-state index in [1.165, 1.54) is 11.1 Å². The van der Waals surface area contributed by atoms with Crippen molar-refractivity contribution in [1.82, 2.24) is 0 Å². The van der Waals surface area contributed by atoms with Crippen molar-refractivity contribution >= 4 is 0 Å². The molecule has 0 saturated carbocycles. The normalized spacial score (nSPS) is 19.5. The lowest BCUT2D eigenvalue weighted by Gasteiger charge is -2.28. The summed E-state index contributed by atoms with van der Waals surface area (Å²) in [5, 5.41) is 29.0. The first-order valence-corrected chi connectivity index (χ1v) is 6.98. The molecule has 0 saturated heterocycles. The first kappa shape index (κ1) is 16.0. The van der Waals surface area contributed by atoms with Crippen molar-refractivity contribution in [3.05, 3.63) is 34.6 Å². The Morgan fingerprint density at radius 3 is 2.53 bits per heavy atom. The van der Waals surface area contributed by atoms with Gasteiger partial charge >= 0.3 is 0 Å². The molecule has 0 aromatic heterocycles. The van der Waals surface area contributed by atoms with Crippen molar-refractivity contribution in [3.63, 3.8) is 0 Å². The van der Waals surface area contributed by atoms with E-state index < -0.39 is 5.79 Å². The van der Waals surface area contributed by atoms with E-state index in [-0.39, 0.29) is 12.2 Å². The Bertz CT molecular complexity index is 396. The summed E-state index contributed by atoms with van der Waals surface area (Å²) in [5.74, 6) is -2.26. The second-order valence-corrected chi connectivity index (χ2v) is 5.70. The standard InChI is InChI=1S/C16H26O3/c1-12(2)6-4-7-13(3)9-10-14-8-5-11-16(18,19)15(14)17/h6,9,17-19H,4-5,7-8,10-11H2,1-3H3/b13-9+. The lowest BCUT2D eigenvalue weighted by molar-refractivity contribution is -0.162. The van der Waals surface area contributed by atoms with E-state index in [1.807, 2.05) is 0 Å². The zero-order valence-electron chi connectivity index (χ0n) is 12.2. The minimum atomic E-state index is -2.02. The summed E-state index contributed by atoms with van der Waals surface area (Å²) in [5.41, 5.74) is 3.34. The van der Waals surface area contributed by atoms with Crippen LogP contribution in [0.3, 0.4) is 0 Å².